The van der Waals surface area contributed by atoms with Gasteiger partial charge in [-0.2, -0.15) is 13.2 Å². The largest absolute Gasteiger partial charge is 0.391 e. The lowest BCUT2D eigenvalue weighted by molar-refractivity contribution is -0.187. The summed E-state index contributed by atoms with van der Waals surface area (Å²) in [6, 6.07) is -1.12. The van der Waals surface area contributed by atoms with Crippen LogP contribution in [0, 0.1) is 23.7 Å². The quantitative estimate of drug-likeness (QED) is 0.377. The fraction of sp³-hybridized carbons (Fsp3) is 0.903. The summed E-state index contributed by atoms with van der Waals surface area (Å²) >= 11 is 6.48. The third-order valence-corrected chi connectivity index (χ3v) is 10.8. The van der Waals surface area contributed by atoms with Gasteiger partial charge >= 0.3 is 12.2 Å². The second-order valence-corrected chi connectivity index (χ2v) is 14.2. The summed E-state index contributed by atoms with van der Waals surface area (Å²) in [6.45, 7) is 4.58. The number of nitrogens with one attached hydrogen (secondary N) is 1. The summed E-state index contributed by atoms with van der Waals surface area (Å²) in [5.41, 5.74) is 0. The van der Waals surface area contributed by atoms with Crippen molar-refractivity contribution in [3.05, 3.63) is 0 Å². The average molecular weight is 633 g/mol. The Balaban J connectivity index is 1.56. The zero-order valence-electron chi connectivity index (χ0n) is 25.7. The van der Waals surface area contributed by atoms with E-state index in [2.05, 4.69) is 5.32 Å². The van der Waals surface area contributed by atoms with Crippen LogP contribution in [0.5, 0.6) is 0 Å². The predicted molar refractivity (Wildman–Crippen MR) is 158 cm³/mol. The SMILES string of the molecule is COC1CCC(C2=NC(C3CCC(Cl)CC3)C(C3CCCC(C(F)(F)F)C3)N2C(=O)N2CCNC(=O)C2)C(OC(C)C)C1. The minimum absolute atomic E-state index is 0.00901. The van der Waals surface area contributed by atoms with Gasteiger partial charge in [0.2, 0.25) is 5.91 Å². The second kappa shape index (κ2) is 13.8. The summed E-state index contributed by atoms with van der Waals surface area (Å²) in [7, 11) is 1.70. The minimum Gasteiger partial charge on any atom is -0.381 e. The van der Waals surface area contributed by atoms with Gasteiger partial charge in [-0.1, -0.05) is 6.42 Å². The van der Waals surface area contributed by atoms with Crippen molar-refractivity contribution in [3.63, 3.8) is 0 Å². The monoisotopic (exact) mass is 632 g/mol. The Morgan fingerprint density at radius 2 is 1.79 bits per heavy atom. The number of urea groups is 1. The third-order valence-electron chi connectivity index (χ3n) is 10.4. The summed E-state index contributed by atoms with van der Waals surface area (Å²) < 4.78 is 54.4. The molecule has 0 spiro atoms. The number of halogens is 4. The van der Waals surface area contributed by atoms with Gasteiger partial charge in [0, 0.05) is 37.9 Å². The number of amidine groups is 1. The van der Waals surface area contributed by atoms with Crippen LogP contribution in [-0.4, -0.2) is 96.3 Å². The maximum Gasteiger partial charge on any atom is 0.391 e. The molecule has 7 unspecified atom stereocenters. The van der Waals surface area contributed by atoms with Crippen molar-refractivity contribution in [3.8, 4) is 0 Å². The number of carbonyl (C=O) groups excluding carboxylic acids is 2. The second-order valence-electron chi connectivity index (χ2n) is 13.6. The number of carbonyl (C=O) groups is 2. The molecule has 0 aromatic rings. The molecule has 7 atom stereocenters. The van der Waals surface area contributed by atoms with Crippen molar-refractivity contribution in [2.24, 2.45) is 28.7 Å². The van der Waals surface area contributed by atoms with E-state index >= 15 is 0 Å². The normalized spacial score (nSPS) is 37.8. The van der Waals surface area contributed by atoms with Gasteiger partial charge in [0.15, 0.2) is 0 Å². The molecule has 0 radical (unpaired) electrons. The van der Waals surface area contributed by atoms with Crippen molar-refractivity contribution in [1.29, 1.82) is 0 Å². The molecule has 0 aromatic heterocycles. The molecule has 12 heteroatoms. The first-order chi connectivity index (χ1) is 20.5. The van der Waals surface area contributed by atoms with Gasteiger partial charge in [-0.15, -0.1) is 11.6 Å². The summed E-state index contributed by atoms with van der Waals surface area (Å²) in [5.74, 6) is -1.40. The fourth-order valence-corrected chi connectivity index (χ4v) is 8.53. The third kappa shape index (κ3) is 7.46. The van der Waals surface area contributed by atoms with Gasteiger partial charge in [0.25, 0.3) is 0 Å². The highest BCUT2D eigenvalue weighted by Crippen LogP contribution is 2.48. The van der Waals surface area contributed by atoms with E-state index in [1.165, 1.54) is 0 Å². The topological polar surface area (TPSA) is 83.5 Å². The Kier molecular flexibility index (Phi) is 10.5. The molecule has 43 heavy (non-hydrogen) atoms. The van der Waals surface area contributed by atoms with E-state index in [0.717, 1.165) is 32.1 Å². The van der Waals surface area contributed by atoms with Crippen LogP contribution >= 0.6 is 11.6 Å². The van der Waals surface area contributed by atoms with Crippen LogP contribution in [0.4, 0.5) is 18.0 Å². The van der Waals surface area contributed by atoms with Crippen LogP contribution in [0.25, 0.3) is 0 Å². The first-order valence-corrected chi connectivity index (χ1v) is 16.7. The Bertz CT molecular complexity index is 1020. The molecule has 5 aliphatic rings. The van der Waals surface area contributed by atoms with E-state index in [1.54, 1.807) is 16.9 Å². The number of piperazine rings is 1. The standard InChI is InChI=1S/C31H48ClF3N4O4/c1-18(2)43-25-16-23(42-3)11-12-24(25)29-37-27(19-7-9-22(32)10-8-19)28(20-5-4-6-21(15-20)31(33,34)35)39(29)30(41)38-14-13-36-26(40)17-38/h18-25,27-28H,4-17H2,1-3H3,(H,36,40). The number of ether oxygens (including phenoxy) is 2. The van der Waals surface area contributed by atoms with Crippen molar-refractivity contribution < 1.29 is 32.2 Å². The lowest BCUT2D eigenvalue weighted by atomic mass is 9.71. The molecule has 2 heterocycles. The van der Waals surface area contributed by atoms with Gasteiger partial charge in [0.1, 0.15) is 12.4 Å². The Hall–Kier alpha value is -1.59. The van der Waals surface area contributed by atoms with Gasteiger partial charge in [0.05, 0.1) is 36.3 Å². The molecular formula is C31H48ClF3N4O4. The zero-order valence-corrected chi connectivity index (χ0v) is 26.4. The van der Waals surface area contributed by atoms with E-state index in [4.69, 9.17) is 26.1 Å². The minimum atomic E-state index is -4.28. The molecule has 244 valence electrons. The van der Waals surface area contributed by atoms with E-state index in [-0.39, 0.29) is 78.8 Å². The number of methoxy groups -OCH3 is 1. The Morgan fingerprint density at radius 1 is 1.05 bits per heavy atom. The number of alkyl halides is 4. The molecule has 3 saturated carbocycles. The summed E-state index contributed by atoms with van der Waals surface area (Å²) in [5, 5.41) is 2.87. The highest BCUT2D eigenvalue weighted by Gasteiger charge is 2.54. The van der Waals surface area contributed by atoms with E-state index in [1.807, 2.05) is 13.8 Å². The average Bonchev–Trinajstić information content (AvgIpc) is 3.36. The molecule has 0 aromatic carbocycles. The summed E-state index contributed by atoms with van der Waals surface area (Å²) in [4.78, 5) is 35.6. The Labute approximate surface area is 258 Å². The highest BCUT2D eigenvalue weighted by atomic mass is 35.5. The van der Waals surface area contributed by atoms with Gasteiger partial charge in [-0.25, -0.2) is 4.79 Å². The predicted octanol–water partition coefficient (Wildman–Crippen LogP) is 5.76. The molecule has 0 bridgehead atoms. The fourth-order valence-electron chi connectivity index (χ4n) is 8.28. The highest BCUT2D eigenvalue weighted by molar-refractivity contribution is 6.20. The van der Waals surface area contributed by atoms with Gasteiger partial charge in [-0.3, -0.25) is 14.7 Å². The van der Waals surface area contributed by atoms with Crippen LogP contribution < -0.4 is 5.32 Å². The van der Waals surface area contributed by atoms with E-state index < -0.39 is 18.1 Å². The molecular weight excluding hydrogens is 585 g/mol. The Morgan fingerprint density at radius 3 is 2.44 bits per heavy atom. The number of hydrogen-bond donors (Lipinski definition) is 1. The van der Waals surface area contributed by atoms with Crippen molar-refractivity contribution in [2.75, 3.05) is 26.7 Å². The maximum absolute atomic E-state index is 14.5. The van der Waals surface area contributed by atoms with E-state index in [9.17, 15) is 22.8 Å². The van der Waals surface area contributed by atoms with Crippen LogP contribution in [0.3, 0.4) is 0 Å². The van der Waals surface area contributed by atoms with Crippen LogP contribution in [0.15, 0.2) is 4.99 Å². The van der Waals surface area contributed by atoms with Gasteiger partial charge in [-0.05, 0) is 83.5 Å². The molecule has 8 nitrogen and oxygen atoms in total. The van der Waals surface area contributed by atoms with Crippen molar-refractivity contribution in [1.82, 2.24) is 15.1 Å². The molecule has 3 aliphatic carbocycles. The smallest absolute Gasteiger partial charge is 0.381 e. The number of aliphatic imine (C=N–C) groups is 1. The lowest BCUT2D eigenvalue weighted by Crippen LogP contribution is -2.60. The van der Waals surface area contributed by atoms with Crippen LogP contribution in [0.2, 0.25) is 0 Å². The van der Waals surface area contributed by atoms with Crippen LogP contribution in [0.1, 0.15) is 84.5 Å². The number of hydrogen-bond acceptors (Lipinski definition) is 5. The van der Waals surface area contributed by atoms with Crippen molar-refractivity contribution >= 4 is 29.4 Å². The first-order valence-electron chi connectivity index (χ1n) is 16.3. The van der Waals surface area contributed by atoms with Crippen molar-refractivity contribution in [2.45, 2.75) is 126 Å². The molecule has 1 N–H and O–H groups in total. The first kappa shape index (κ1) is 32.8. The number of nitrogens with zero attached hydrogens (tertiary/aromatic N) is 3. The maximum atomic E-state index is 14.5. The number of rotatable bonds is 6. The van der Waals surface area contributed by atoms with E-state index in [0.29, 0.717) is 44.6 Å². The zero-order chi connectivity index (χ0) is 30.9. The lowest BCUT2D eigenvalue weighted by Gasteiger charge is -2.45. The van der Waals surface area contributed by atoms with Crippen LogP contribution in [-0.2, 0) is 14.3 Å². The molecule has 4 fully saturated rings. The molecule has 1 saturated heterocycles. The number of amides is 3. The molecule has 5 rings (SSSR count). The molecule has 2 aliphatic heterocycles. The summed E-state index contributed by atoms with van der Waals surface area (Å²) in [6.07, 6.45) is 2.08. The molecule has 3 amide bonds. The van der Waals surface area contributed by atoms with Gasteiger partial charge < -0.3 is 19.7 Å².